The van der Waals surface area contributed by atoms with Gasteiger partial charge in [0.15, 0.2) is 16.6 Å². The van der Waals surface area contributed by atoms with E-state index >= 15 is 0 Å². The summed E-state index contributed by atoms with van der Waals surface area (Å²) in [5, 5.41) is 4.29. The number of hydrogen-bond acceptors (Lipinski definition) is 7. The molecule has 11 heteroatoms. The minimum absolute atomic E-state index is 0.112. The van der Waals surface area contributed by atoms with E-state index in [2.05, 4.69) is 15.0 Å². The average Bonchev–Trinajstić information content (AvgIpc) is 3.29. The van der Waals surface area contributed by atoms with Gasteiger partial charge in [-0.1, -0.05) is 46.7 Å². The maximum atomic E-state index is 13.3. The number of nitrogens with zero attached hydrogens (tertiary/aromatic N) is 1. The van der Waals surface area contributed by atoms with Crippen LogP contribution in [0.5, 0.6) is 11.5 Å². The Balaban J connectivity index is 1.38. The van der Waals surface area contributed by atoms with E-state index in [1.165, 1.54) is 11.3 Å². The fourth-order valence-corrected chi connectivity index (χ4v) is 6.03. The molecule has 3 aromatic rings. The van der Waals surface area contributed by atoms with Crippen molar-refractivity contribution >= 4 is 56.9 Å². The molecule has 36 heavy (non-hydrogen) atoms. The van der Waals surface area contributed by atoms with Gasteiger partial charge in [-0.05, 0) is 69.0 Å². The van der Waals surface area contributed by atoms with Crippen molar-refractivity contribution in [3.05, 3.63) is 68.6 Å². The highest BCUT2D eigenvalue weighted by Gasteiger charge is 2.52. The molecule has 0 bridgehead atoms. The van der Waals surface area contributed by atoms with Crippen molar-refractivity contribution < 1.29 is 18.8 Å². The average molecular weight is 567 g/mol. The normalized spacial score (nSPS) is 17.5. The SMILES string of the molecule is CC(C)(C)[S@@+]([O-])N[C@H](c1ccc(Cl)c(Cl)c1)c1cnc(NC(=O)C2(c3ccc4c(c3)OCO4)CC2)s1. The third kappa shape index (κ3) is 5.05. The van der Waals surface area contributed by atoms with Crippen LogP contribution < -0.4 is 19.5 Å². The molecule has 2 heterocycles. The van der Waals surface area contributed by atoms with E-state index < -0.39 is 27.6 Å². The number of rotatable bonds is 7. The van der Waals surface area contributed by atoms with Gasteiger partial charge in [-0.15, -0.1) is 4.72 Å². The van der Waals surface area contributed by atoms with E-state index in [0.29, 0.717) is 26.7 Å². The summed E-state index contributed by atoms with van der Waals surface area (Å²) < 4.78 is 26.6. The summed E-state index contributed by atoms with van der Waals surface area (Å²) in [4.78, 5) is 18.6. The van der Waals surface area contributed by atoms with Crippen LogP contribution in [0.1, 0.15) is 55.7 Å². The van der Waals surface area contributed by atoms with E-state index in [4.69, 9.17) is 32.7 Å². The van der Waals surface area contributed by atoms with Gasteiger partial charge in [0.2, 0.25) is 12.7 Å². The van der Waals surface area contributed by atoms with Crippen molar-refractivity contribution in [3.63, 3.8) is 0 Å². The number of hydrogen-bond donors (Lipinski definition) is 2. The van der Waals surface area contributed by atoms with Gasteiger partial charge in [0.25, 0.3) is 0 Å². The second kappa shape index (κ2) is 9.70. The van der Waals surface area contributed by atoms with E-state index in [9.17, 15) is 9.35 Å². The maximum Gasteiger partial charge on any atom is 0.236 e. The molecule has 2 aromatic carbocycles. The number of halogens is 2. The second-order valence-electron chi connectivity index (χ2n) is 9.78. The number of carbonyl (C=O) groups excluding carboxylic acids is 1. The number of anilines is 1. The Labute approximate surface area is 226 Å². The zero-order valence-corrected chi connectivity index (χ0v) is 23.0. The first-order valence-electron chi connectivity index (χ1n) is 11.4. The van der Waals surface area contributed by atoms with Gasteiger partial charge in [0.05, 0.1) is 20.3 Å². The number of ether oxygens (including phenoxy) is 2. The molecule has 1 fully saturated rings. The van der Waals surface area contributed by atoms with Crippen molar-refractivity contribution in [3.8, 4) is 11.5 Å². The van der Waals surface area contributed by atoms with Gasteiger partial charge in [0, 0.05) is 17.6 Å². The highest BCUT2D eigenvalue weighted by molar-refractivity contribution is 7.90. The van der Waals surface area contributed by atoms with Gasteiger partial charge in [-0.2, -0.15) is 0 Å². The highest BCUT2D eigenvalue weighted by Crippen LogP contribution is 2.51. The number of aromatic nitrogens is 1. The summed E-state index contributed by atoms with van der Waals surface area (Å²) in [5.74, 6) is 1.23. The Bertz CT molecular complexity index is 1310. The van der Waals surface area contributed by atoms with Gasteiger partial charge >= 0.3 is 0 Å². The van der Waals surface area contributed by atoms with Crippen LogP contribution >= 0.6 is 34.5 Å². The first-order valence-corrected chi connectivity index (χ1v) is 14.1. The molecule has 1 aromatic heterocycles. The molecule has 1 aliphatic carbocycles. The lowest BCUT2D eigenvalue weighted by Crippen LogP contribution is -2.41. The molecule has 0 spiro atoms. The lowest BCUT2D eigenvalue weighted by Gasteiger charge is -2.27. The summed E-state index contributed by atoms with van der Waals surface area (Å²) >= 11 is 12.3. The minimum atomic E-state index is -1.37. The number of benzene rings is 2. The van der Waals surface area contributed by atoms with Crippen molar-refractivity contribution in [2.75, 3.05) is 12.1 Å². The first-order chi connectivity index (χ1) is 17.1. The molecular formula is C25H25Cl2N3O4S2. The standard InChI is InChI=1S/C25H25Cl2N3O4S2/c1-24(2,3)36(32)30-21(14-4-6-16(26)17(27)10-14)20-12-28-23(35-20)29-22(31)25(8-9-25)15-5-7-18-19(11-15)34-13-33-18/h4-7,10-12,21,30H,8-9,13H2,1-3H3,(H,28,29,31)/t21-,36-/m1/s1. The van der Waals surface area contributed by atoms with Gasteiger partial charge < -0.3 is 19.3 Å². The van der Waals surface area contributed by atoms with Gasteiger partial charge in [0.1, 0.15) is 10.8 Å². The Kier molecular flexibility index (Phi) is 6.91. The molecule has 1 amide bonds. The Morgan fingerprint density at radius 2 is 1.89 bits per heavy atom. The summed E-state index contributed by atoms with van der Waals surface area (Å²) in [5.41, 5.74) is 1.08. The van der Waals surface area contributed by atoms with Crippen molar-refractivity contribution in [2.45, 2.75) is 49.8 Å². The second-order valence-corrected chi connectivity index (χ2v) is 13.7. The molecule has 190 valence electrons. The maximum absolute atomic E-state index is 13.3. The summed E-state index contributed by atoms with van der Waals surface area (Å²) in [6, 6.07) is 10.5. The van der Waals surface area contributed by atoms with E-state index in [1.54, 1.807) is 18.3 Å². The van der Waals surface area contributed by atoms with Crippen LogP contribution in [-0.4, -0.2) is 27.0 Å². The van der Waals surface area contributed by atoms with Gasteiger partial charge in [-0.3, -0.25) is 4.79 Å². The third-order valence-corrected chi connectivity index (χ3v) is 9.48. The van der Waals surface area contributed by atoms with Gasteiger partial charge in [-0.25, -0.2) is 4.98 Å². The molecule has 0 saturated heterocycles. The molecular weight excluding hydrogens is 541 g/mol. The zero-order chi connectivity index (χ0) is 25.7. The Morgan fingerprint density at radius 3 is 2.58 bits per heavy atom. The summed E-state index contributed by atoms with van der Waals surface area (Å²) in [6.07, 6.45) is 3.17. The van der Waals surface area contributed by atoms with Crippen LogP contribution in [0.2, 0.25) is 10.0 Å². The molecule has 2 aliphatic rings. The van der Waals surface area contributed by atoms with Crippen LogP contribution in [0.4, 0.5) is 5.13 Å². The summed E-state index contributed by atoms with van der Waals surface area (Å²) in [6.45, 7) is 5.87. The van der Waals surface area contributed by atoms with Crippen LogP contribution in [0, 0.1) is 0 Å². The minimum Gasteiger partial charge on any atom is -0.598 e. The zero-order valence-electron chi connectivity index (χ0n) is 19.9. The van der Waals surface area contributed by atoms with Crippen LogP contribution in [0.15, 0.2) is 42.6 Å². The monoisotopic (exact) mass is 565 g/mol. The number of carbonyl (C=O) groups is 1. The third-order valence-electron chi connectivity index (χ3n) is 6.20. The lowest BCUT2D eigenvalue weighted by molar-refractivity contribution is -0.118. The van der Waals surface area contributed by atoms with E-state index in [0.717, 1.165) is 28.8 Å². The number of thiazole rings is 1. The topological polar surface area (TPSA) is 95.5 Å². The van der Waals surface area contributed by atoms with Crippen LogP contribution in [-0.2, 0) is 21.6 Å². The number of fused-ring (bicyclic) bond motifs is 1. The molecule has 1 saturated carbocycles. The molecule has 2 atom stereocenters. The fraction of sp³-hybridized carbons (Fsp3) is 0.360. The smallest absolute Gasteiger partial charge is 0.236 e. The molecule has 5 rings (SSSR count). The predicted molar refractivity (Wildman–Crippen MR) is 144 cm³/mol. The number of amides is 1. The first kappa shape index (κ1) is 25.6. The van der Waals surface area contributed by atoms with Crippen molar-refractivity contribution in [1.82, 2.24) is 9.71 Å². The lowest BCUT2D eigenvalue weighted by atomic mass is 9.94. The predicted octanol–water partition coefficient (Wildman–Crippen LogP) is 5.99. The van der Waals surface area contributed by atoms with E-state index in [1.807, 2.05) is 45.0 Å². The van der Waals surface area contributed by atoms with E-state index in [-0.39, 0.29) is 12.7 Å². The quantitative estimate of drug-likeness (QED) is 0.341. The van der Waals surface area contributed by atoms with Crippen molar-refractivity contribution in [2.24, 2.45) is 0 Å². The number of nitrogens with one attached hydrogen (secondary N) is 2. The summed E-state index contributed by atoms with van der Waals surface area (Å²) in [7, 11) is 0. The Hall–Kier alpha value is -2.01. The van der Waals surface area contributed by atoms with Crippen LogP contribution in [0.3, 0.4) is 0 Å². The fourth-order valence-electron chi connectivity index (χ4n) is 3.93. The van der Waals surface area contributed by atoms with Crippen LogP contribution in [0.25, 0.3) is 0 Å². The Morgan fingerprint density at radius 1 is 1.14 bits per heavy atom. The molecule has 0 radical (unpaired) electrons. The molecule has 0 unspecified atom stereocenters. The molecule has 2 N–H and O–H groups in total. The molecule has 1 aliphatic heterocycles. The largest absolute Gasteiger partial charge is 0.598 e. The molecule has 7 nitrogen and oxygen atoms in total. The van der Waals surface area contributed by atoms with Crippen molar-refractivity contribution in [1.29, 1.82) is 0 Å². The highest BCUT2D eigenvalue weighted by atomic mass is 35.5.